The van der Waals surface area contributed by atoms with E-state index in [0.29, 0.717) is 60.1 Å². The van der Waals surface area contributed by atoms with Crippen molar-refractivity contribution < 1.29 is 23.5 Å². The Hall–Kier alpha value is -3.46. The molecule has 5 rings (SSSR count). The summed E-state index contributed by atoms with van der Waals surface area (Å²) >= 11 is 0. The number of morpholine rings is 1. The predicted octanol–water partition coefficient (Wildman–Crippen LogP) is 3.41. The maximum absolute atomic E-state index is 13.8. The lowest BCUT2D eigenvalue weighted by Gasteiger charge is -2.34. The van der Waals surface area contributed by atoms with Crippen molar-refractivity contribution in [2.75, 3.05) is 31.6 Å². The number of carbonyl (C=O) groups excluding carboxylic acids is 3. The van der Waals surface area contributed by atoms with E-state index in [2.05, 4.69) is 15.6 Å². The van der Waals surface area contributed by atoms with Crippen molar-refractivity contribution in [1.82, 2.24) is 15.2 Å². The molecule has 1 aliphatic carbocycles. The number of benzene rings is 1. The molecule has 1 aromatic heterocycles. The first-order valence-corrected chi connectivity index (χ1v) is 12.5. The summed E-state index contributed by atoms with van der Waals surface area (Å²) in [7, 11) is 0. The van der Waals surface area contributed by atoms with Crippen LogP contribution in [0.3, 0.4) is 0 Å². The Bertz CT molecular complexity index is 1240. The molecule has 0 unspecified atom stereocenters. The van der Waals surface area contributed by atoms with Crippen molar-refractivity contribution in [3.05, 3.63) is 52.1 Å². The van der Waals surface area contributed by atoms with Crippen LogP contribution in [-0.2, 0) is 14.3 Å². The zero-order chi connectivity index (χ0) is 25.4. The highest BCUT2D eigenvalue weighted by molar-refractivity contribution is 6.34. The third-order valence-corrected chi connectivity index (χ3v) is 7.49. The Balaban J connectivity index is 1.25. The summed E-state index contributed by atoms with van der Waals surface area (Å²) in [5.41, 5.74) is 4.03. The van der Waals surface area contributed by atoms with E-state index in [0.717, 1.165) is 31.2 Å². The molecule has 190 valence electrons. The lowest BCUT2D eigenvalue weighted by atomic mass is 9.85. The molecule has 2 aromatic rings. The molecule has 1 saturated carbocycles. The van der Waals surface area contributed by atoms with Crippen LogP contribution < -0.4 is 10.6 Å². The van der Waals surface area contributed by atoms with E-state index in [4.69, 9.17) is 4.74 Å². The van der Waals surface area contributed by atoms with E-state index >= 15 is 0 Å². The molecule has 9 heteroatoms. The van der Waals surface area contributed by atoms with Crippen LogP contribution in [0.4, 0.5) is 10.1 Å². The molecule has 2 aliphatic heterocycles. The molecule has 36 heavy (non-hydrogen) atoms. The quantitative estimate of drug-likeness (QED) is 0.567. The van der Waals surface area contributed by atoms with Gasteiger partial charge in [0.05, 0.1) is 24.4 Å². The maximum Gasteiger partial charge on any atom is 0.256 e. The van der Waals surface area contributed by atoms with Gasteiger partial charge in [-0.1, -0.05) is 0 Å². The summed E-state index contributed by atoms with van der Waals surface area (Å²) in [6.45, 7) is 6.16. The minimum absolute atomic E-state index is 0.00971. The number of aryl methyl sites for hydroxylation is 1. The van der Waals surface area contributed by atoms with Crippen LogP contribution >= 0.6 is 0 Å². The molecule has 1 aromatic carbocycles. The molecule has 3 heterocycles. The first kappa shape index (κ1) is 24.2. The van der Waals surface area contributed by atoms with Gasteiger partial charge in [-0.05, 0) is 69.4 Å². The van der Waals surface area contributed by atoms with Gasteiger partial charge in [0.1, 0.15) is 5.82 Å². The number of fused-ring (bicyclic) bond motifs is 1. The van der Waals surface area contributed by atoms with Crippen molar-refractivity contribution in [1.29, 1.82) is 0 Å². The van der Waals surface area contributed by atoms with Crippen molar-refractivity contribution >= 4 is 35.1 Å². The number of aromatic nitrogens is 1. The van der Waals surface area contributed by atoms with Crippen LogP contribution in [0.15, 0.2) is 18.2 Å². The van der Waals surface area contributed by atoms with Gasteiger partial charge >= 0.3 is 0 Å². The molecule has 3 aliphatic rings. The number of nitrogens with zero attached hydrogens (tertiary/aromatic N) is 1. The van der Waals surface area contributed by atoms with Gasteiger partial charge in [-0.25, -0.2) is 4.39 Å². The topological polar surface area (TPSA) is 104 Å². The number of nitrogens with one attached hydrogen (secondary N) is 3. The lowest BCUT2D eigenvalue weighted by Crippen LogP contribution is -2.46. The second-order valence-electron chi connectivity index (χ2n) is 9.83. The molecular weight excluding hydrogens is 463 g/mol. The van der Waals surface area contributed by atoms with Gasteiger partial charge in [0, 0.05) is 47.7 Å². The van der Waals surface area contributed by atoms with E-state index in [1.165, 1.54) is 12.1 Å². The van der Waals surface area contributed by atoms with Gasteiger partial charge in [0.2, 0.25) is 5.91 Å². The Morgan fingerprint density at radius 2 is 1.86 bits per heavy atom. The number of rotatable bonds is 4. The van der Waals surface area contributed by atoms with Crippen molar-refractivity contribution in [2.24, 2.45) is 5.92 Å². The molecule has 3 N–H and O–H groups in total. The van der Waals surface area contributed by atoms with E-state index in [9.17, 15) is 18.8 Å². The lowest BCUT2D eigenvalue weighted by molar-refractivity contribution is -0.140. The molecule has 8 nitrogen and oxygen atoms in total. The minimum Gasteiger partial charge on any atom is -0.378 e. The number of hydrogen-bond acceptors (Lipinski definition) is 4. The Labute approximate surface area is 209 Å². The third-order valence-electron chi connectivity index (χ3n) is 7.49. The van der Waals surface area contributed by atoms with Crippen LogP contribution in [-0.4, -0.2) is 60.0 Å². The van der Waals surface area contributed by atoms with Crippen molar-refractivity contribution in [3.8, 4) is 0 Å². The summed E-state index contributed by atoms with van der Waals surface area (Å²) in [6, 6.07) is 4.19. The normalized spacial score (nSPS) is 22.9. The molecule has 0 bridgehead atoms. The van der Waals surface area contributed by atoms with Gasteiger partial charge in [-0.2, -0.15) is 0 Å². The van der Waals surface area contributed by atoms with Crippen LogP contribution in [0.5, 0.6) is 0 Å². The molecule has 2 fully saturated rings. The van der Waals surface area contributed by atoms with Crippen molar-refractivity contribution in [2.45, 2.75) is 45.6 Å². The highest BCUT2D eigenvalue weighted by Gasteiger charge is 2.32. The van der Waals surface area contributed by atoms with Crippen LogP contribution in [0.25, 0.3) is 11.6 Å². The first-order chi connectivity index (χ1) is 17.3. The number of H-pyrrole nitrogens is 1. The number of ether oxygens (including phenoxy) is 1. The van der Waals surface area contributed by atoms with E-state index in [1.54, 1.807) is 12.1 Å². The van der Waals surface area contributed by atoms with Crippen LogP contribution in [0, 0.1) is 25.6 Å². The monoisotopic (exact) mass is 494 g/mol. The van der Waals surface area contributed by atoms with Gasteiger partial charge < -0.3 is 25.3 Å². The SMILES string of the molecule is Cc1[nH]c(/C=C2\C(=O)Nc3ccc(F)cc32)c(C)c1C(=O)NC1CCC(C(=O)N2CCOCC2)CC1. The second-order valence-corrected chi connectivity index (χ2v) is 9.83. The fraction of sp³-hybridized carbons (Fsp3) is 0.444. The largest absolute Gasteiger partial charge is 0.378 e. The van der Waals surface area contributed by atoms with Crippen LogP contribution in [0.1, 0.15) is 58.6 Å². The standard InChI is InChI=1S/C27H31FN4O4/c1-15-23(14-21-20-13-18(28)5-8-22(20)31-25(21)33)29-16(2)24(15)26(34)30-19-6-3-17(4-7-19)27(35)32-9-11-36-12-10-32/h5,8,13-14,17,19,29H,3-4,6-7,9-12H2,1-2H3,(H,30,34)(H,31,33)/b21-14-. The molecular formula is C27H31FN4O4. The summed E-state index contributed by atoms with van der Waals surface area (Å²) in [4.78, 5) is 43.6. The fourth-order valence-electron chi connectivity index (χ4n) is 5.49. The van der Waals surface area contributed by atoms with E-state index < -0.39 is 5.82 Å². The smallest absolute Gasteiger partial charge is 0.256 e. The van der Waals surface area contributed by atoms with Crippen molar-refractivity contribution in [3.63, 3.8) is 0 Å². The highest BCUT2D eigenvalue weighted by Crippen LogP contribution is 2.34. The highest BCUT2D eigenvalue weighted by atomic mass is 19.1. The summed E-state index contributed by atoms with van der Waals surface area (Å²) in [5, 5.41) is 5.89. The summed E-state index contributed by atoms with van der Waals surface area (Å²) in [6.07, 6.45) is 4.70. The summed E-state index contributed by atoms with van der Waals surface area (Å²) in [5.74, 6) is -0.684. The number of carbonyl (C=O) groups is 3. The van der Waals surface area contributed by atoms with Gasteiger partial charge in [-0.15, -0.1) is 0 Å². The van der Waals surface area contributed by atoms with Gasteiger partial charge in [0.25, 0.3) is 11.8 Å². The first-order valence-electron chi connectivity index (χ1n) is 12.5. The third kappa shape index (κ3) is 4.67. The molecule has 0 radical (unpaired) electrons. The van der Waals surface area contributed by atoms with E-state index in [1.807, 2.05) is 18.7 Å². The molecule has 1 saturated heterocycles. The number of hydrogen-bond donors (Lipinski definition) is 3. The molecule has 3 amide bonds. The fourth-order valence-corrected chi connectivity index (χ4v) is 5.49. The zero-order valence-corrected chi connectivity index (χ0v) is 20.6. The maximum atomic E-state index is 13.8. The second kappa shape index (κ2) is 9.89. The zero-order valence-electron chi connectivity index (χ0n) is 20.6. The average Bonchev–Trinajstić information content (AvgIpc) is 3.33. The summed E-state index contributed by atoms with van der Waals surface area (Å²) < 4.78 is 19.1. The number of aromatic amines is 1. The number of anilines is 1. The Morgan fingerprint density at radius 1 is 1.14 bits per heavy atom. The predicted molar refractivity (Wildman–Crippen MR) is 134 cm³/mol. The Morgan fingerprint density at radius 3 is 2.58 bits per heavy atom. The Kier molecular flexibility index (Phi) is 6.66. The average molecular weight is 495 g/mol. The molecule has 0 atom stereocenters. The number of halogens is 1. The van der Waals surface area contributed by atoms with Gasteiger partial charge in [0.15, 0.2) is 0 Å². The van der Waals surface area contributed by atoms with Gasteiger partial charge in [-0.3, -0.25) is 14.4 Å². The number of amides is 3. The minimum atomic E-state index is -0.419. The van der Waals surface area contributed by atoms with Crippen LogP contribution in [0.2, 0.25) is 0 Å². The molecule has 0 spiro atoms. The van der Waals surface area contributed by atoms with E-state index in [-0.39, 0.29) is 29.7 Å².